The van der Waals surface area contributed by atoms with Crippen LogP contribution < -0.4 is 0 Å². The molecule has 0 radical (unpaired) electrons. The van der Waals surface area contributed by atoms with E-state index in [-0.39, 0.29) is 11.9 Å². The fraction of sp³-hybridized carbons (Fsp3) is 0.625. The van der Waals surface area contributed by atoms with Crippen molar-refractivity contribution in [3.05, 3.63) is 11.9 Å². The highest BCUT2D eigenvalue weighted by atomic mass is 16.5. The zero-order valence-corrected chi connectivity index (χ0v) is 8.02. The Kier molecular flexibility index (Phi) is 3.13. The number of aromatic nitrogens is 3. The van der Waals surface area contributed by atoms with E-state index in [9.17, 15) is 4.79 Å². The monoisotopic (exact) mass is 183 g/mol. The second-order valence-corrected chi connectivity index (χ2v) is 2.92. The van der Waals surface area contributed by atoms with Gasteiger partial charge in [0.2, 0.25) is 0 Å². The molecule has 1 aromatic rings. The van der Waals surface area contributed by atoms with Gasteiger partial charge in [-0.25, -0.2) is 4.68 Å². The molecular weight excluding hydrogens is 170 g/mol. The van der Waals surface area contributed by atoms with Crippen molar-refractivity contribution < 1.29 is 9.53 Å². The number of aryl methyl sites for hydroxylation is 1. The van der Waals surface area contributed by atoms with Gasteiger partial charge in [0.25, 0.3) is 0 Å². The van der Waals surface area contributed by atoms with Crippen molar-refractivity contribution in [3.8, 4) is 0 Å². The number of ether oxygens (including phenoxy) is 1. The molecule has 0 aliphatic heterocycles. The van der Waals surface area contributed by atoms with Crippen LogP contribution >= 0.6 is 0 Å². The molecular formula is C8H13N3O2. The van der Waals surface area contributed by atoms with Crippen molar-refractivity contribution in [3.63, 3.8) is 0 Å². The van der Waals surface area contributed by atoms with E-state index in [4.69, 9.17) is 4.74 Å². The van der Waals surface area contributed by atoms with Crippen LogP contribution in [-0.2, 0) is 11.8 Å². The first-order chi connectivity index (χ1) is 6.15. The third-order valence-corrected chi connectivity index (χ3v) is 1.88. The third-order valence-electron chi connectivity index (χ3n) is 1.88. The van der Waals surface area contributed by atoms with Gasteiger partial charge in [-0.3, -0.25) is 4.79 Å². The maximum Gasteiger partial charge on any atom is 0.185 e. The van der Waals surface area contributed by atoms with Crippen LogP contribution in [-0.4, -0.2) is 34.0 Å². The van der Waals surface area contributed by atoms with E-state index in [1.54, 1.807) is 14.2 Å². The molecule has 0 N–H and O–H groups in total. The number of hydrogen-bond donors (Lipinski definition) is 0. The second kappa shape index (κ2) is 4.13. The van der Waals surface area contributed by atoms with Crippen LogP contribution in [0, 0.1) is 0 Å². The van der Waals surface area contributed by atoms with Crippen molar-refractivity contribution in [2.75, 3.05) is 7.11 Å². The van der Waals surface area contributed by atoms with E-state index >= 15 is 0 Å². The maximum absolute atomic E-state index is 11.5. The highest BCUT2D eigenvalue weighted by Crippen LogP contribution is 2.04. The van der Waals surface area contributed by atoms with Gasteiger partial charge in [0, 0.05) is 20.6 Å². The summed E-state index contributed by atoms with van der Waals surface area (Å²) in [6, 6.07) is 0. The predicted octanol–water partition coefficient (Wildman–Crippen LogP) is 0.423. The number of nitrogens with zero attached hydrogens (tertiary/aromatic N) is 3. The van der Waals surface area contributed by atoms with Crippen molar-refractivity contribution in [1.82, 2.24) is 15.0 Å². The largest absolute Gasteiger partial charge is 0.381 e. The summed E-state index contributed by atoms with van der Waals surface area (Å²) in [7, 11) is 3.27. The Labute approximate surface area is 76.7 Å². The fourth-order valence-corrected chi connectivity index (χ4v) is 0.991. The number of carbonyl (C=O) groups excluding carboxylic acids is 1. The molecule has 72 valence electrons. The highest BCUT2D eigenvalue weighted by Gasteiger charge is 2.14. The minimum Gasteiger partial charge on any atom is -0.381 e. The molecule has 0 spiro atoms. The van der Waals surface area contributed by atoms with Gasteiger partial charge in [-0.15, -0.1) is 5.10 Å². The van der Waals surface area contributed by atoms with Gasteiger partial charge in [-0.05, 0) is 6.92 Å². The summed E-state index contributed by atoms with van der Waals surface area (Å²) in [6.45, 7) is 1.85. The Morgan fingerprint density at radius 1 is 1.77 bits per heavy atom. The van der Waals surface area contributed by atoms with E-state index in [2.05, 4.69) is 10.3 Å². The summed E-state index contributed by atoms with van der Waals surface area (Å²) in [6.07, 6.45) is 1.75. The summed E-state index contributed by atoms with van der Waals surface area (Å²) in [5.74, 6) is 0.00171. The highest BCUT2D eigenvalue weighted by molar-refractivity contribution is 5.94. The summed E-state index contributed by atoms with van der Waals surface area (Å²) in [5, 5.41) is 7.30. The van der Waals surface area contributed by atoms with Crippen LogP contribution in [0.25, 0.3) is 0 Å². The average molecular weight is 183 g/mol. The van der Waals surface area contributed by atoms with Crippen molar-refractivity contribution in [2.24, 2.45) is 7.05 Å². The van der Waals surface area contributed by atoms with Gasteiger partial charge < -0.3 is 4.74 Å². The predicted molar refractivity (Wildman–Crippen MR) is 46.4 cm³/mol. The van der Waals surface area contributed by atoms with Crippen LogP contribution in [0.15, 0.2) is 6.20 Å². The van der Waals surface area contributed by atoms with Crippen LogP contribution in [0.1, 0.15) is 23.8 Å². The molecule has 1 atom stereocenters. The summed E-state index contributed by atoms with van der Waals surface area (Å²) >= 11 is 0. The Morgan fingerprint density at radius 3 is 2.92 bits per heavy atom. The lowest BCUT2D eigenvalue weighted by molar-refractivity contribution is 0.0784. The lowest BCUT2D eigenvalue weighted by Gasteiger charge is -2.07. The smallest absolute Gasteiger partial charge is 0.185 e. The molecule has 0 aliphatic rings. The molecule has 0 aliphatic carbocycles. The number of ketones is 1. The Balaban J connectivity index is 2.64. The van der Waals surface area contributed by atoms with Gasteiger partial charge >= 0.3 is 0 Å². The SMILES string of the molecule is COC(C)CC(=O)c1cnnn1C. The van der Waals surface area contributed by atoms with Crippen molar-refractivity contribution >= 4 is 5.78 Å². The summed E-state index contributed by atoms with van der Waals surface area (Å²) in [5.41, 5.74) is 0.518. The van der Waals surface area contributed by atoms with E-state index < -0.39 is 0 Å². The average Bonchev–Trinajstić information content (AvgIpc) is 2.51. The Morgan fingerprint density at radius 2 is 2.46 bits per heavy atom. The molecule has 0 amide bonds. The minimum absolute atomic E-state index is 0.00171. The van der Waals surface area contributed by atoms with Crippen LogP contribution in [0.2, 0.25) is 0 Å². The molecule has 0 bridgehead atoms. The molecule has 1 aromatic heterocycles. The van der Waals surface area contributed by atoms with Gasteiger partial charge in [0.1, 0.15) is 5.69 Å². The number of rotatable bonds is 4. The third kappa shape index (κ3) is 2.35. The first-order valence-corrected chi connectivity index (χ1v) is 4.05. The molecule has 0 fully saturated rings. The van der Waals surface area contributed by atoms with Gasteiger partial charge in [-0.1, -0.05) is 5.21 Å². The first kappa shape index (κ1) is 9.85. The lowest BCUT2D eigenvalue weighted by Crippen LogP contribution is -2.15. The molecule has 13 heavy (non-hydrogen) atoms. The number of hydrogen-bond acceptors (Lipinski definition) is 4. The Hall–Kier alpha value is -1.23. The van der Waals surface area contributed by atoms with Crippen LogP contribution in [0.5, 0.6) is 0 Å². The molecule has 0 saturated heterocycles. The standard InChI is InChI=1S/C8H13N3O2/c1-6(13-3)4-8(12)7-5-9-10-11(7)2/h5-6H,4H2,1-3H3. The van der Waals surface area contributed by atoms with E-state index in [0.717, 1.165) is 0 Å². The molecule has 0 aromatic carbocycles. The van der Waals surface area contributed by atoms with Gasteiger partial charge in [0.05, 0.1) is 12.3 Å². The first-order valence-electron chi connectivity index (χ1n) is 4.05. The van der Waals surface area contributed by atoms with E-state index in [1.165, 1.54) is 10.9 Å². The van der Waals surface area contributed by atoms with Gasteiger partial charge in [-0.2, -0.15) is 0 Å². The van der Waals surface area contributed by atoms with Gasteiger partial charge in [0.15, 0.2) is 5.78 Å². The molecule has 5 heteroatoms. The van der Waals surface area contributed by atoms with E-state index in [1.807, 2.05) is 6.92 Å². The van der Waals surface area contributed by atoms with Crippen molar-refractivity contribution in [2.45, 2.75) is 19.4 Å². The summed E-state index contributed by atoms with van der Waals surface area (Å²) < 4.78 is 6.45. The molecule has 1 rings (SSSR count). The molecule has 0 saturated carbocycles. The quantitative estimate of drug-likeness (QED) is 0.635. The molecule has 1 unspecified atom stereocenters. The number of methoxy groups -OCH3 is 1. The molecule has 1 heterocycles. The lowest BCUT2D eigenvalue weighted by atomic mass is 10.1. The van der Waals surface area contributed by atoms with Crippen LogP contribution in [0.4, 0.5) is 0 Å². The topological polar surface area (TPSA) is 57.0 Å². The van der Waals surface area contributed by atoms with Crippen molar-refractivity contribution in [1.29, 1.82) is 0 Å². The summed E-state index contributed by atoms with van der Waals surface area (Å²) in [4.78, 5) is 11.5. The second-order valence-electron chi connectivity index (χ2n) is 2.92. The normalized spacial score (nSPS) is 12.8. The molecule has 5 nitrogen and oxygen atoms in total. The fourth-order valence-electron chi connectivity index (χ4n) is 0.991. The van der Waals surface area contributed by atoms with Crippen LogP contribution in [0.3, 0.4) is 0 Å². The zero-order valence-electron chi connectivity index (χ0n) is 8.02. The zero-order chi connectivity index (χ0) is 9.84. The Bertz CT molecular complexity index is 295. The maximum atomic E-state index is 11.5. The minimum atomic E-state index is -0.0672. The number of carbonyl (C=O) groups is 1. The number of Topliss-reactive ketones (excluding diaryl/α,β-unsaturated/α-hetero) is 1. The van der Waals surface area contributed by atoms with E-state index in [0.29, 0.717) is 12.1 Å².